The van der Waals surface area contributed by atoms with Crippen LogP contribution in [0.3, 0.4) is 0 Å². The third kappa shape index (κ3) is 15.8. The van der Waals surface area contributed by atoms with Crippen molar-refractivity contribution >= 4 is 22.8 Å². The Morgan fingerprint density at radius 1 is 1.19 bits per heavy atom. The van der Waals surface area contributed by atoms with E-state index in [9.17, 15) is 0 Å². The van der Waals surface area contributed by atoms with Crippen LogP contribution in [0.15, 0.2) is 30.3 Å². The minimum atomic E-state index is -4.67. The van der Waals surface area contributed by atoms with Crippen LogP contribution in [-0.4, -0.2) is 24.1 Å². The van der Waals surface area contributed by atoms with Crippen LogP contribution in [0.25, 0.3) is 0 Å². The predicted octanol–water partition coefficient (Wildman–Crippen LogP) is 0.461. The number of hydrazine groups is 1. The van der Waals surface area contributed by atoms with Crippen LogP contribution in [0, 0.1) is 0 Å². The lowest BCUT2D eigenvalue weighted by Crippen LogP contribution is -2.24. The molecule has 0 unspecified atom stereocenters. The zero-order valence-electron chi connectivity index (χ0n) is 8.41. The fourth-order valence-corrected chi connectivity index (χ4v) is 0.861. The average Bonchev–Trinajstić information content (AvgIpc) is 2.14. The molecule has 0 fully saturated rings. The van der Waals surface area contributed by atoms with E-state index < -0.39 is 10.4 Å². The molecule has 0 aliphatic heterocycles. The molecule has 0 saturated heterocycles. The number of hydrogen-bond donors (Lipinski definition) is 4. The maximum atomic E-state index is 8.74. The molecule has 0 radical (unpaired) electrons. The second kappa shape index (κ2) is 9.52. The molecular formula is C8H15ClN2O4S. The van der Waals surface area contributed by atoms with E-state index in [1.165, 1.54) is 5.56 Å². The molecule has 1 rings (SSSR count). The van der Waals surface area contributed by atoms with Gasteiger partial charge in [0, 0.05) is 6.54 Å². The van der Waals surface area contributed by atoms with Crippen LogP contribution in [0.5, 0.6) is 0 Å². The molecule has 5 N–H and O–H groups in total. The van der Waals surface area contributed by atoms with Crippen molar-refractivity contribution in [3.05, 3.63) is 35.9 Å². The Bertz CT molecular complexity index is 350. The second-order valence-electron chi connectivity index (χ2n) is 2.64. The Morgan fingerprint density at radius 3 is 2.00 bits per heavy atom. The molecule has 0 aliphatic rings. The van der Waals surface area contributed by atoms with Gasteiger partial charge in [-0.2, -0.15) is 8.42 Å². The molecule has 0 bridgehead atoms. The number of nitrogens with two attached hydrogens (primary N) is 1. The van der Waals surface area contributed by atoms with Gasteiger partial charge in [0.1, 0.15) is 0 Å². The van der Waals surface area contributed by atoms with E-state index in [1.54, 1.807) is 0 Å². The summed E-state index contributed by atoms with van der Waals surface area (Å²) in [6, 6.07) is 10.3. The molecule has 8 heteroatoms. The first-order chi connectivity index (χ1) is 6.93. The first kappa shape index (κ1) is 17.7. The van der Waals surface area contributed by atoms with Gasteiger partial charge in [0.2, 0.25) is 0 Å². The van der Waals surface area contributed by atoms with Crippen molar-refractivity contribution in [2.75, 3.05) is 6.54 Å². The topological polar surface area (TPSA) is 113 Å². The fraction of sp³-hybridized carbons (Fsp3) is 0.250. The van der Waals surface area contributed by atoms with Gasteiger partial charge in [-0.3, -0.25) is 20.4 Å². The smallest absolute Gasteiger partial charge is 0.271 e. The Kier molecular flexibility index (Phi) is 10.5. The van der Waals surface area contributed by atoms with Crippen molar-refractivity contribution in [3.63, 3.8) is 0 Å². The summed E-state index contributed by atoms with van der Waals surface area (Å²) in [5.41, 5.74) is 3.94. The molecule has 0 aromatic heterocycles. The molecule has 1 aromatic rings. The van der Waals surface area contributed by atoms with E-state index >= 15 is 0 Å². The van der Waals surface area contributed by atoms with Crippen molar-refractivity contribution < 1.29 is 17.5 Å². The van der Waals surface area contributed by atoms with E-state index in [1.807, 2.05) is 18.2 Å². The summed E-state index contributed by atoms with van der Waals surface area (Å²) < 4.78 is 31.6. The molecule has 6 nitrogen and oxygen atoms in total. The Morgan fingerprint density at radius 2 is 1.62 bits per heavy atom. The van der Waals surface area contributed by atoms with E-state index in [2.05, 4.69) is 17.6 Å². The van der Waals surface area contributed by atoms with Gasteiger partial charge in [-0.05, 0) is 12.0 Å². The standard InChI is InChI=1S/C8H12N2.ClH.H2O4S/c9-10-7-6-8-4-2-1-3-5-8;;1-5(2,3)4/h1-5,10H,6-7,9H2;1H;(H2,1,2,3,4). The van der Waals surface area contributed by atoms with Crippen LogP contribution in [0.1, 0.15) is 5.56 Å². The third-order valence-electron chi connectivity index (χ3n) is 1.40. The summed E-state index contributed by atoms with van der Waals surface area (Å²) in [7, 11) is -4.67. The molecule has 94 valence electrons. The summed E-state index contributed by atoms with van der Waals surface area (Å²) in [5, 5.41) is 0. The number of benzene rings is 1. The van der Waals surface area contributed by atoms with Crippen molar-refractivity contribution in [2.24, 2.45) is 5.84 Å². The normalized spacial score (nSPS) is 9.69. The minimum absolute atomic E-state index is 0. The van der Waals surface area contributed by atoms with Gasteiger partial charge < -0.3 is 0 Å². The fourth-order valence-electron chi connectivity index (χ4n) is 0.861. The highest BCUT2D eigenvalue weighted by molar-refractivity contribution is 7.79. The number of nitrogens with one attached hydrogen (secondary N) is 1. The summed E-state index contributed by atoms with van der Waals surface area (Å²) in [4.78, 5) is 0. The van der Waals surface area contributed by atoms with E-state index in [-0.39, 0.29) is 12.4 Å². The largest absolute Gasteiger partial charge is 0.394 e. The van der Waals surface area contributed by atoms with E-state index in [0.29, 0.717) is 0 Å². The highest BCUT2D eigenvalue weighted by atomic mass is 35.5. The van der Waals surface area contributed by atoms with Crippen LogP contribution < -0.4 is 11.3 Å². The lowest BCUT2D eigenvalue weighted by atomic mass is 10.2. The molecule has 0 atom stereocenters. The molecule has 0 aliphatic carbocycles. The third-order valence-corrected chi connectivity index (χ3v) is 1.40. The van der Waals surface area contributed by atoms with Crippen molar-refractivity contribution in [1.82, 2.24) is 5.43 Å². The summed E-state index contributed by atoms with van der Waals surface area (Å²) in [5.74, 6) is 5.13. The second-order valence-corrected chi connectivity index (χ2v) is 3.53. The summed E-state index contributed by atoms with van der Waals surface area (Å²) in [6.45, 7) is 0.837. The minimum Gasteiger partial charge on any atom is -0.271 e. The van der Waals surface area contributed by atoms with Gasteiger partial charge in [0.15, 0.2) is 0 Å². The predicted molar refractivity (Wildman–Crippen MR) is 63.8 cm³/mol. The quantitative estimate of drug-likeness (QED) is 0.361. The molecule has 0 amide bonds. The maximum absolute atomic E-state index is 8.74. The monoisotopic (exact) mass is 270 g/mol. The zero-order chi connectivity index (χ0) is 11.7. The number of hydrogen-bond acceptors (Lipinski definition) is 4. The van der Waals surface area contributed by atoms with Gasteiger partial charge in [0.25, 0.3) is 0 Å². The Balaban J connectivity index is 0. The lowest BCUT2D eigenvalue weighted by Gasteiger charge is -1.97. The molecular weight excluding hydrogens is 256 g/mol. The van der Waals surface area contributed by atoms with E-state index in [0.717, 1.165) is 13.0 Å². The first-order valence-corrected chi connectivity index (χ1v) is 5.50. The molecule has 16 heavy (non-hydrogen) atoms. The van der Waals surface area contributed by atoms with Crippen molar-refractivity contribution in [3.8, 4) is 0 Å². The van der Waals surface area contributed by atoms with Crippen LogP contribution in [-0.2, 0) is 16.8 Å². The van der Waals surface area contributed by atoms with Gasteiger partial charge in [-0.15, -0.1) is 12.4 Å². The first-order valence-electron chi connectivity index (χ1n) is 4.10. The molecule has 0 saturated carbocycles. The highest BCUT2D eigenvalue weighted by Gasteiger charge is 1.87. The Hall–Kier alpha value is -0.700. The zero-order valence-corrected chi connectivity index (χ0v) is 10.0. The molecule has 0 heterocycles. The number of halogens is 1. The van der Waals surface area contributed by atoms with Gasteiger partial charge in [-0.1, -0.05) is 30.3 Å². The summed E-state index contributed by atoms with van der Waals surface area (Å²) in [6.07, 6.45) is 0.997. The summed E-state index contributed by atoms with van der Waals surface area (Å²) >= 11 is 0. The lowest BCUT2D eigenvalue weighted by molar-refractivity contribution is 0.381. The Labute approximate surface area is 101 Å². The molecule has 1 aromatic carbocycles. The van der Waals surface area contributed by atoms with Crippen LogP contribution in [0.4, 0.5) is 0 Å². The maximum Gasteiger partial charge on any atom is 0.394 e. The molecule has 0 spiro atoms. The van der Waals surface area contributed by atoms with Gasteiger partial charge >= 0.3 is 10.4 Å². The van der Waals surface area contributed by atoms with Gasteiger partial charge in [-0.25, -0.2) is 0 Å². The van der Waals surface area contributed by atoms with E-state index in [4.69, 9.17) is 23.4 Å². The number of rotatable bonds is 3. The average molecular weight is 271 g/mol. The van der Waals surface area contributed by atoms with Gasteiger partial charge in [0.05, 0.1) is 0 Å². The van der Waals surface area contributed by atoms with Crippen molar-refractivity contribution in [1.29, 1.82) is 0 Å². The highest BCUT2D eigenvalue weighted by Crippen LogP contribution is 1.97. The van der Waals surface area contributed by atoms with Crippen LogP contribution >= 0.6 is 12.4 Å². The van der Waals surface area contributed by atoms with Crippen LogP contribution in [0.2, 0.25) is 0 Å². The van der Waals surface area contributed by atoms with Crippen molar-refractivity contribution in [2.45, 2.75) is 6.42 Å². The SMILES string of the molecule is Cl.NNCCc1ccccc1.O=S(=O)(O)O.